The smallest absolute Gasteiger partial charge is 0.303 e. The Morgan fingerprint density at radius 2 is 2.17 bits per heavy atom. The van der Waals surface area contributed by atoms with E-state index >= 15 is 0 Å². The molecule has 1 aromatic carbocycles. The number of aliphatic carboxylic acids is 1. The second-order valence-corrected chi connectivity index (χ2v) is 6.58. The molecular weight excluding hydrogens is 246 g/mol. The molecule has 1 saturated heterocycles. The van der Waals surface area contributed by atoms with Crippen molar-refractivity contribution in [3.05, 3.63) is 29.8 Å². The van der Waals surface area contributed by atoms with E-state index in [0.717, 1.165) is 26.1 Å². The van der Waals surface area contributed by atoms with E-state index in [0.29, 0.717) is 17.6 Å². The number of carboxylic acid groups (broad SMARTS) is 1. The van der Waals surface area contributed by atoms with Crippen LogP contribution in [-0.2, 0) is 11.2 Å². The number of hydrogen-bond donors (Lipinski definition) is 1. The first-order chi connectivity index (χ1) is 8.70. The van der Waals surface area contributed by atoms with Gasteiger partial charge in [-0.3, -0.25) is 4.79 Å². The molecule has 1 N–H and O–H groups in total. The second kappa shape index (κ2) is 4.94. The van der Waals surface area contributed by atoms with Crippen LogP contribution in [0.5, 0.6) is 0 Å². The number of hydrogen-bond acceptors (Lipinski definition) is 3. The lowest BCUT2D eigenvalue weighted by atomic mass is 9.96. The van der Waals surface area contributed by atoms with Gasteiger partial charge in [0.1, 0.15) is 0 Å². The van der Waals surface area contributed by atoms with Gasteiger partial charge in [-0.2, -0.15) is 0 Å². The highest BCUT2D eigenvalue weighted by molar-refractivity contribution is 8.00. The van der Waals surface area contributed by atoms with Crippen LogP contribution in [-0.4, -0.2) is 40.9 Å². The number of thioether (sulfide) groups is 1. The van der Waals surface area contributed by atoms with Crippen molar-refractivity contribution in [1.82, 2.24) is 4.90 Å². The molecule has 2 heterocycles. The first-order valence-electron chi connectivity index (χ1n) is 6.39. The zero-order valence-corrected chi connectivity index (χ0v) is 11.0. The van der Waals surface area contributed by atoms with Crippen molar-refractivity contribution in [3.63, 3.8) is 0 Å². The first kappa shape index (κ1) is 12.1. The molecule has 0 amide bonds. The molecule has 0 saturated carbocycles. The van der Waals surface area contributed by atoms with E-state index in [4.69, 9.17) is 5.11 Å². The molecule has 2 aliphatic rings. The molecule has 1 atom stereocenters. The maximum atomic E-state index is 10.6. The summed E-state index contributed by atoms with van der Waals surface area (Å²) in [5.74, 6) is -0.293. The summed E-state index contributed by atoms with van der Waals surface area (Å²) in [6, 6.07) is 8.62. The molecule has 0 spiro atoms. The van der Waals surface area contributed by atoms with Gasteiger partial charge in [-0.25, -0.2) is 0 Å². The fourth-order valence-electron chi connectivity index (χ4n) is 2.85. The molecule has 4 heteroatoms. The number of likely N-dealkylation sites (tertiary alicyclic amines) is 1. The Labute approximate surface area is 111 Å². The topological polar surface area (TPSA) is 40.5 Å². The van der Waals surface area contributed by atoms with Crippen LogP contribution in [0.2, 0.25) is 0 Å². The van der Waals surface area contributed by atoms with Crippen LogP contribution in [0.25, 0.3) is 0 Å². The van der Waals surface area contributed by atoms with Gasteiger partial charge >= 0.3 is 5.97 Å². The summed E-state index contributed by atoms with van der Waals surface area (Å²) in [7, 11) is 0. The Morgan fingerprint density at radius 3 is 2.89 bits per heavy atom. The number of fused-ring (bicyclic) bond motifs is 1. The number of nitrogens with zero attached hydrogens (tertiary/aromatic N) is 1. The summed E-state index contributed by atoms with van der Waals surface area (Å²) in [6.45, 7) is 3.01. The molecule has 1 fully saturated rings. The second-order valence-electron chi connectivity index (χ2n) is 5.23. The predicted molar refractivity (Wildman–Crippen MR) is 72.0 cm³/mol. The minimum Gasteiger partial charge on any atom is -0.481 e. The lowest BCUT2D eigenvalue weighted by Gasteiger charge is -2.39. The van der Waals surface area contributed by atoms with E-state index in [1.165, 1.54) is 10.5 Å². The Morgan fingerprint density at radius 1 is 1.39 bits per heavy atom. The zero-order valence-electron chi connectivity index (χ0n) is 10.2. The monoisotopic (exact) mass is 263 g/mol. The lowest BCUT2D eigenvalue weighted by Crippen LogP contribution is -2.49. The number of rotatable bonds is 4. The summed E-state index contributed by atoms with van der Waals surface area (Å²) < 4.78 is 0. The SMILES string of the molecule is O=C(O)CC1CN(CC2Cc3ccccc3S2)C1. The molecule has 0 aliphatic carbocycles. The van der Waals surface area contributed by atoms with Gasteiger partial charge in [0.25, 0.3) is 0 Å². The van der Waals surface area contributed by atoms with E-state index in [1.54, 1.807) is 0 Å². The molecule has 18 heavy (non-hydrogen) atoms. The van der Waals surface area contributed by atoms with Gasteiger partial charge in [-0.05, 0) is 24.0 Å². The average molecular weight is 263 g/mol. The van der Waals surface area contributed by atoms with Crippen LogP contribution < -0.4 is 0 Å². The lowest BCUT2D eigenvalue weighted by molar-refractivity contribution is -0.139. The van der Waals surface area contributed by atoms with E-state index in [2.05, 4.69) is 29.2 Å². The highest BCUT2D eigenvalue weighted by atomic mass is 32.2. The summed E-state index contributed by atoms with van der Waals surface area (Å²) in [4.78, 5) is 14.4. The molecule has 3 rings (SSSR count). The van der Waals surface area contributed by atoms with Crippen molar-refractivity contribution in [2.75, 3.05) is 19.6 Å². The van der Waals surface area contributed by atoms with Gasteiger partial charge in [0.2, 0.25) is 0 Å². The van der Waals surface area contributed by atoms with Crippen LogP contribution in [0.15, 0.2) is 29.2 Å². The fourth-order valence-corrected chi connectivity index (χ4v) is 4.21. The van der Waals surface area contributed by atoms with E-state index in [-0.39, 0.29) is 0 Å². The number of carbonyl (C=O) groups is 1. The van der Waals surface area contributed by atoms with E-state index in [1.807, 2.05) is 11.8 Å². The van der Waals surface area contributed by atoms with Crippen molar-refractivity contribution < 1.29 is 9.90 Å². The van der Waals surface area contributed by atoms with Crippen molar-refractivity contribution in [2.24, 2.45) is 5.92 Å². The highest BCUT2D eigenvalue weighted by Crippen LogP contribution is 2.37. The average Bonchev–Trinajstić information content (AvgIpc) is 2.67. The summed E-state index contributed by atoms with van der Waals surface area (Å²) in [5.41, 5.74) is 1.47. The summed E-state index contributed by atoms with van der Waals surface area (Å²) in [5, 5.41) is 9.36. The molecule has 1 unspecified atom stereocenters. The highest BCUT2D eigenvalue weighted by Gasteiger charge is 2.32. The fraction of sp³-hybridized carbons (Fsp3) is 0.500. The molecule has 3 nitrogen and oxygen atoms in total. The summed E-state index contributed by atoms with van der Waals surface area (Å²) >= 11 is 1.97. The van der Waals surface area contributed by atoms with Gasteiger partial charge in [0, 0.05) is 29.8 Å². The third-order valence-corrected chi connectivity index (χ3v) is 4.97. The van der Waals surface area contributed by atoms with Crippen LogP contribution in [0.1, 0.15) is 12.0 Å². The van der Waals surface area contributed by atoms with Crippen LogP contribution in [0, 0.1) is 5.92 Å². The number of carboxylic acids is 1. The van der Waals surface area contributed by atoms with Crippen molar-refractivity contribution in [2.45, 2.75) is 23.0 Å². The molecule has 96 valence electrons. The van der Waals surface area contributed by atoms with Crippen LogP contribution in [0.4, 0.5) is 0 Å². The Kier molecular flexibility index (Phi) is 3.31. The van der Waals surface area contributed by atoms with E-state index in [9.17, 15) is 4.79 Å². The van der Waals surface area contributed by atoms with Gasteiger partial charge in [-0.15, -0.1) is 11.8 Å². The Bertz CT molecular complexity index is 432. The predicted octanol–water partition coefficient (Wildman–Crippen LogP) is 2.11. The maximum absolute atomic E-state index is 10.6. The minimum atomic E-state index is -0.665. The van der Waals surface area contributed by atoms with Gasteiger partial charge in [0.15, 0.2) is 0 Å². The summed E-state index contributed by atoms with van der Waals surface area (Å²) in [6.07, 6.45) is 1.48. The van der Waals surface area contributed by atoms with Crippen molar-refractivity contribution in [3.8, 4) is 0 Å². The third-order valence-electron chi connectivity index (χ3n) is 3.67. The van der Waals surface area contributed by atoms with Crippen LogP contribution >= 0.6 is 11.8 Å². The third kappa shape index (κ3) is 2.54. The van der Waals surface area contributed by atoms with Gasteiger partial charge < -0.3 is 10.0 Å². The minimum absolute atomic E-state index is 0.328. The van der Waals surface area contributed by atoms with Gasteiger partial charge in [-0.1, -0.05) is 18.2 Å². The normalized spacial score (nSPS) is 23.7. The standard InChI is InChI=1S/C14H17NO2S/c16-14(17)5-10-7-15(8-10)9-12-6-11-3-1-2-4-13(11)18-12/h1-4,10,12H,5-9H2,(H,16,17). The zero-order chi connectivity index (χ0) is 12.5. The molecular formula is C14H17NO2S. The quantitative estimate of drug-likeness (QED) is 0.903. The molecule has 1 aromatic rings. The molecule has 2 aliphatic heterocycles. The molecule has 0 radical (unpaired) electrons. The van der Waals surface area contributed by atoms with Gasteiger partial charge in [0.05, 0.1) is 6.42 Å². The molecule has 0 bridgehead atoms. The largest absolute Gasteiger partial charge is 0.481 e. The van der Waals surface area contributed by atoms with Crippen molar-refractivity contribution >= 4 is 17.7 Å². The first-order valence-corrected chi connectivity index (χ1v) is 7.27. The Hall–Kier alpha value is -1.00. The van der Waals surface area contributed by atoms with Crippen LogP contribution in [0.3, 0.4) is 0 Å². The number of benzene rings is 1. The maximum Gasteiger partial charge on any atom is 0.303 e. The molecule has 0 aromatic heterocycles. The van der Waals surface area contributed by atoms with E-state index < -0.39 is 5.97 Å². The van der Waals surface area contributed by atoms with Crippen molar-refractivity contribution in [1.29, 1.82) is 0 Å². The Balaban J connectivity index is 1.46.